The first-order chi connectivity index (χ1) is 5.51. The van der Waals surface area contributed by atoms with Crippen molar-refractivity contribution in [2.24, 2.45) is 5.92 Å². The Balaban J connectivity index is 2.12. The molecule has 0 spiro atoms. The Kier molecular flexibility index (Phi) is 3.12. The maximum atomic E-state index is 11.0. The molecule has 72 valence electrons. The Bertz CT molecular complexity index is 229. The summed E-state index contributed by atoms with van der Waals surface area (Å²) in [6, 6.07) is 0. The van der Waals surface area contributed by atoms with Crippen LogP contribution in [0.5, 0.6) is 0 Å². The van der Waals surface area contributed by atoms with E-state index in [1.54, 1.807) is 7.11 Å². The lowest BCUT2D eigenvalue weighted by molar-refractivity contribution is 0.000400. The second kappa shape index (κ2) is 3.75. The van der Waals surface area contributed by atoms with Crippen LogP contribution in [0.1, 0.15) is 19.3 Å². The lowest BCUT2D eigenvalue weighted by Crippen LogP contribution is -2.31. The number of rotatable bonds is 4. The molecule has 1 saturated carbocycles. The fourth-order valence-electron chi connectivity index (χ4n) is 1.49. The third kappa shape index (κ3) is 3.11. The van der Waals surface area contributed by atoms with Crippen LogP contribution in [0, 0.1) is 10.7 Å². The van der Waals surface area contributed by atoms with Gasteiger partial charge in [0.05, 0.1) is 6.10 Å². The van der Waals surface area contributed by atoms with E-state index < -0.39 is 9.73 Å². The fraction of sp³-hybridized carbons (Fsp3) is 1.00. The van der Waals surface area contributed by atoms with Crippen molar-refractivity contribution in [2.75, 3.05) is 19.1 Å². The highest BCUT2D eigenvalue weighted by Gasteiger charge is 2.28. The van der Waals surface area contributed by atoms with Crippen LogP contribution in [0.25, 0.3) is 0 Å². The molecular weight excluding hydrogens is 174 g/mol. The van der Waals surface area contributed by atoms with Gasteiger partial charge in [0.15, 0.2) is 0 Å². The van der Waals surface area contributed by atoms with Gasteiger partial charge in [0, 0.05) is 28.8 Å². The van der Waals surface area contributed by atoms with Crippen LogP contribution in [0.2, 0.25) is 0 Å². The third-order valence-electron chi connectivity index (χ3n) is 2.44. The van der Waals surface area contributed by atoms with E-state index in [1.807, 2.05) is 0 Å². The van der Waals surface area contributed by atoms with Crippen molar-refractivity contribution in [3.63, 3.8) is 0 Å². The van der Waals surface area contributed by atoms with Crippen LogP contribution in [-0.4, -0.2) is 29.4 Å². The zero-order valence-corrected chi connectivity index (χ0v) is 8.52. The molecule has 1 atom stereocenters. The van der Waals surface area contributed by atoms with Gasteiger partial charge >= 0.3 is 0 Å². The lowest BCUT2D eigenvalue weighted by Gasteiger charge is -2.34. The smallest absolute Gasteiger partial charge is 0.0576 e. The molecule has 0 aromatic carbocycles. The zero-order chi connectivity index (χ0) is 9.19. The summed E-state index contributed by atoms with van der Waals surface area (Å²) in [5.74, 6) is 1.20. The van der Waals surface area contributed by atoms with Crippen molar-refractivity contribution in [1.29, 1.82) is 4.78 Å². The van der Waals surface area contributed by atoms with Crippen molar-refractivity contribution in [3.05, 3.63) is 0 Å². The van der Waals surface area contributed by atoms with Gasteiger partial charge in [-0.3, -0.25) is 8.99 Å². The molecule has 0 aromatic rings. The highest BCUT2D eigenvalue weighted by atomic mass is 32.2. The molecule has 1 aliphatic carbocycles. The summed E-state index contributed by atoms with van der Waals surface area (Å²) in [7, 11) is -0.530. The average molecular weight is 191 g/mol. The van der Waals surface area contributed by atoms with Gasteiger partial charge in [0.25, 0.3) is 0 Å². The first kappa shape index (κ1) is 9.99. The Morgan fingerprint density at radius 1 is 1.58 bits per heavy atom. The van der Waals surface area contributed by atoms with Gasteiger partial charge in [-0.15, -0.1) is 0 Å². The molecule has 0 saturated heterocycles. The number of ether oxygens (including phenoxy) is 1. The molecule has 1 rings (SSSR count). The molecule has 4 heteroatoms. The minimum Gasteiger partial charge on any atom is -0.381 e. The van der Waals surface area contributed by atoms with Gasteiger partial charge in [-0.2, -0.15) is 0 Å². The van der Waals surface area contributed by atoms with E-state index in [-0.39, 0.29) is 0 Å². The summed E-state index contributed by atoms with van der Waals surface area (Å²) < 4.78 is 23.4. The van der Waals surface area contributed by atoms with Crippen molar-refractivity contribution in [3.8, 4) is 0 Å². The van der Waals surface area contributed by atoms with Gasteiger partial charge in [-0.05, 0) is 25.2 Å². The van der Waals surface area contributed by atoms with Crippen molar-refractivity contribution < 1.29 is 8.95 Å². The van der Waals surface area contributed by atoms with Gasteiger partial charge in [-0.25, -0.2) is 0 Å². The monoisotopic (exact) mass is 191 g/mol. The predicted octanol–water partition coefficient (Wildman–Crippen LogP) is 1.48. The number of methoxy groups -OCH3 is 1. The largest absolute Gasteiger partial charge is 0.381 e. The molecule has 0 aliphatic heterocycles. The number of nitrogens with one attached hydrogen (secondary N) is 1. The van der Waals surface area contributed by atoms with Gasteiger partial charge < -0.3 is 4.74 Å². The second-order valence-electron chi connectivity index (χ2n) is 3.69. The molecule has 1 N–H and O–H groups in total. The highest BCUT2D eigenvalue weighted by molar-refractivity contribution is 7.91. The minimum absolute atomic E-state index is 0.425. The van der Waals surface area contributed by atoms with Crippen molar-refractivity contribution in [2.45, 2.75) is 25.4 Å². The number of hydrogen-bond donors (Lipinski definition) is 1. The molecule has 0 radical (unpaired) electrons. The quantitative estimate of drug-likeness (QED) is 0.731. The Morgan fingerprint density at radius 3 is 2.58 bits per heavy atom. The maximum absolute atomic E-state index is 11.0. The first-order valence-electron chi connectivity index (χ1n) is 4.25. The summed E-state index contributed by atoms with van der Waals surface area (Å²) in [6.07, 6.45) is 5.05. The zero-order valence-electron chi connectivity index (χ0n) is 7.71. The maximum Gasteiger partial charge on any atom is 0.0576 e. The van der Waals surface area contributed by atoms with Gasteiger partial charge in [0.2, 0.25) is 0 Å². The second-order valence-corrected chi connectivity index (χ2v) is 6.11. The molecular formula is C8H17NO2S. The third-order valence-corrected chi connectivity index (χ3v) is 3.46. The molecule has 1 unspecified atom stereocenters. The first-order valence-corrected chi connectivity index (χ1v) is 6.39. The van der Waals surface area contributed by atoms with Gasteiger partial charge in [0.1, 0.15) is 0 Å². The van der Waals surface area contributed by atoms with Crippen LogP contribution in [-0.2, 0) is 14.5 Å². The number of hydrogen-bond acceptors (Lipinski definition) is 3. The molecule has 0 bridgehead atoms. The Labute approximate surface area is 74.5 Å². The molecule has 0 amide bonds. The van der Waals surface area contributed by atoms with E-state index in [0.717, 1.165) is 19.3 Å². The molecule has 1 fully saturated rings. The lowest BCUT2D eigenvalue weighted by atomic mass is 9.80. The predicted molar refractivity (Wildman–Crippen MR) is 49.8 cm³/mol. The van der Waals surface area contributed by atoms with E-state index in [2.05, 4.69) is 0 Å². The van der Waals surface area contributed by atoms with E-state index >= 15 is 0 Å². The van der Waals surface area contributed by atoms with Crippen molar-refractivity contribution in [1.82, 2.24) is 0 Å². The topological polar surface area (TPSA) is 50.1 Å². The summed E-state index contributed by atoms with van der Waals surface area (Å²) in [5, 5.41) is 0. The molecule has 12 heavy (non-hydrogen) atoms. The average Bonchev–Trinajstić information content (AvgIpc) is 1.82. The van der Waals surface area contributed by atoms with Crippen LogP contribution in [0.15, 0.2) is 0 Å². The fourth-order valence-corrected chi connectivity index (χ4v) is 2.28. The SMILES string of the molecule is COC1CC(CCS(C)(=N)=O)C1. The van der Waals surface area contributed by atoms with E-state index in [0.29, 0.717) is 17.8 Å². The minimum atomic E-state index is -2.26. The Morgan fingerprint density at radius 2 is 2.17 bits per heavy atom. The molecule has 0 heterocycles. The van der Waals surface area contributed by atoms with Gasteiger partial charge in [-0.1, -0.05) is 0 Å². The Hall–Kier alpha value is -0.0900. The summed E-state index contributed by atoms with van der Waals surface area (Å²) >= 11 is 0. The molecule has 3 nitrogen and oxygen atoms in total. The van der Waals surface area contributed by atoms with Crippen LogP contribution in [0.3, 0.4) is 0 Å². The van der Waals surface area contributed by atoms with E-state index in [4.69, 9.17) is 9.52 Å². The van der Waals surface area contributed by atoms with E-state index in [9.17, 15) is 4.21 Å². The van der Waals surface area contributed by atoms with Crippen LogP contribution in [0.4, 0.5) is 0 Å². The van der Waals surface area contributed by atoms with Crippen LogP contribution >= 0.6 is 0 Å². The van der Waals surface area contributed by atoms with Crippen molar-refractivity contribution >= 4 is 9.73 Å². The molecule has 0 aromatic heterocycles. The normalized spacial score (nSPS) is 33.8. The summed E-state index contributed by atoms with van der Waals surface area (Å²) in [4.78, 5) is 0. The summed E-state index contributed by atoms with van der Waals surface area (Å²) in [6.45, 7) is 0. The molecule has 1 aliphatic rings. The van der Waals surface area contributed by atoms with Crippen LogP contribution < -0.4 is 0 Å². The standard InChI is InChI=1S/C8H17NO2S/c1-11-8-5-7(6-8)3-4-12(2,9)10/h7-9H,3-6H2,1-2H3. The summed E-state index contributed by atoms with van der Waals surface area (Å²) in [5.41, 5.74) is 0. The highest BCUT2D eigenvalue weighted by Crippen LogP contribution is 2.32. The van der Waals surface area contributed by atoms with E-state index in [1.165, 1.54) is 6.26 Å².